The Morgan fingerprint density at radius 1 is 1.28 bits per heavy atom. The second-order valence-electron chi connectivity index (χ2n) is 3.62. The van der Waals surface area contributed by atoms with E-state index in [0.717, 1.165) is 0 Å². The van der Waals surface area contributed by atoms with Crippen molar-refractivity contribution >= 4 is 5.97 Å². The molecule has 0 fully saturated rings. The van der Waals surface area contributed by atoms with Gasteiger partial charge in [0, 0.05) is 17.8 Å². The summed E-state index contributed by atoms with van der Waals surface area (Å²) in [5.41, 5.74) is 0.860. The zero-order chi connectivity index (χ0) is 13.1. The van der Waals surface area contributed by atoms with Crippen LogP contribution in [-0.2, 0) is 4.74 Å². The average Bonchev–Trinajstić information content (AvgIpc) is 2.38. The van der Waals surface area contributed by atoms with Crippen molar-refractivity contribution in [3.05, 3.63) is 58.3 Å². The summed E-state index contributed by atoms with van der Waals surface area (Å²) in [4.78, 5) is 25.3. The Morgan fingerprint density at radius 2 is 1.94 bits per heavy atom. The van der Waals surface area contributed by atoms with Crippen LogP contribution in [0.2, 0.25) is 0 Å². The number of halogens is 1. The monoisotopic (exact) mass is 247 g/mol. The number of benzene rings is 1. The van der Waals surface area contributed by atoms with Gasteiger partial charge in [0.1, 0.15) is 5.82 Å². The van der Waals surface area contributed by atoms with Crippen molar-refractivity contribution in [3.63, 3.8) is 0 Å². The highest BCUT2D eigenvalue weighted by atomic mass is 19.1. The fraction of sp³-hybridized carbons (Fsp3) is 0.0769. The van der Waals surface area contributed by atoms with Gasteiger partial charge in [-0.15, -0.1) is 0 Å². The van der Waals surface area contributed by atoms with Crippen molar-refractivity contribution in [3.8, 4) is 11.1 Å². The Morgan fingerprint density at radius 3 is 2.56 bits per heavy atom. The van der Waals surface area contributed by atoms with Crippen LogP contribution in [-0.4, -0.2) is 18.1 Å². The molecule has 92 valence electrons. The number of esters is 1. The maximum Gasteiger partial charge on any atom is 0.339 e. The number of aromatic nitrogens is 1. The summed E-state index contributed by atoms with van der Waals surface area (Å²) in [5.74, 6) is -0.950. The van der Waals surface area contributed by atoms with Gasteiger partial charge >= 0.3 is 5.97 Å². The number of rotatable bonds is 2. The van der Waals surface area contributed by atoms with E-state index in [-0.39, 0.29) is 16.9 Å². The van der Waals surface area contributed by atoms with E-state index < -0.39 is 5.97 Å². The third-order valence-corrected chi connectivity index (χ3v) is 2.48. The Bertz CT molecular complexity index is 631. The van der Waals surface area contributed by atoms with E-state index in [1.807, 2.05) is 0 Å². The fourth-order valence-corrected chi connectivity index (χ4v) is 1.62. The van der Waals surface area contributed by atoms with Crippen LogP contribution < -0.4 is 5.56 Å². The second-order valence-corrected chi connectivity index (χ2v) is 3.62. The van der Waals surface area contributed by atoms with E-state index in [1.165, 1.54) is 43.6 Å². The summed E-state index contributed by atoms with van der Waals surface area (Å²) < 4.78 is 17.5. The first kappa shape index (κ1) is 12.0. The lowest BCUT2D eigenvalue weighted by molar-refractivity contribution is 0.0601. The highest BCUT2D eigenvalue weighted by molar-refractivity contribution is 5.96. The van der Waals surface area contributed by atoms with Crippen molar-refractivity contribution in [1.82, 2.24) is 4.98 Å². The summed E-state index contributed by atoms with van der Waals surface area (Å²) in [6, 6.07) is 6.79. The van der Waals surface area contributed by atoms with Gasteiger partial charge in [-0.3, -0.25) is 4.79 Å². The maximum atomic E-state index is 12.8. The van der Waals surface area contributed by atoms with Crippen LogP contribution in [0.1, 0.15) is 10.4 Å². The summed E-state index contributed by atoms with van der Waals surface area (Å²) in [5, 5.41) is 0. The van der Waals surface area contributed by atoms with Gasteiger partial charge in [-0.2, -0.15) is 0 Å². The number of carbonyl (C=O) groups is 1. The Hall–Kier alpha value is -2.43. The van der Waals surface area contributed by atoms with Crippen LogP contribution in [0.15, 0.2) is 41.3 Å². The summed E-state index contributed by atoms with van der Waals surface area (Å²) in [6.07, 6.45) is 1.28. The zero-order valence-electron chi connectivity index (χ0n) is 9.57. The van der Waals surface area contributed by atoms with Crippen LogP contribution in [0.5, 0.6) is 0 Å². The lowest BCUT2D eigenvalue weighted by atomic mass is 10.0. The first-order valence-corrected chi connectivity index (χ1v) is 5.19. The van der Waals surface area contributed by atoms with Gasteiger partial charge in [-0.1, -0.05) is 12.1 Å². The number of nitrogens with one attached hydrogen (secondary N) is 1. The molecule has 5 heteroatoms. The van der Waals surface area contributed by atoms with Crippen LogP contribution in [0.25, 0.3) is 11.1 Å². The van der Waals surface area contributed by atoms with Gasteiger partial charge in [0.25, 0.3) is 0 Å². The highest BCUT2D eigenvalue weighted by Crippen LogP contribution is 2.22. The molecule has 0 saturated carbocycles. The number of carbonyl (C=O) groups excluding carboxylic acids is 1. The highest BCUT2D eigenvalue weighted by Gasteiger charge is 2.13. The van der Waals surface area contributed by atoms with Crippen molar-refractivity contribution in [2.75, 3.05) is 7.11 Å². The molecule has 2 rings (SSSR count). The first-order valence-electron chi connectivity index (χ1n) is 5.19. The molecular formula is C13H10FNO3. The topological polar surface area (TPSA) is 59.2 Å². The van der Waals surface area contributed by atoms with Gasteiger partial charge in [0.2, 0.25) is 5.56 Å². The van der Waals surface area contributed by atoms with E-state index in [2.05, 4.69) is 9.72 Å². The average molecular weight is 247 g/mol. The van der Waals surface area contributed by atoms with Crippen molar-refractivity contribution < 1.29 is 13.9 Å². The summed E-state index contributed by atoms with van der Waals surface area (Å²) in [7, 11) is 1.25. The van der Waals surface area contributed by atoms with Gasteiger partial charge in [-0.05, 0) is 17.7 Å². The molecule has 0 bridgehead atoms. The van der Waals surface area contributed by atoms with E-state index in [4.69, 9.17) is 0 Å². The smallest absolute Gasteiger partial charge is 0.339 e. The van der Waals surface area contributed by atoms with E-state index in [9.17, 15) is 14.0 Å². The van der Waals surface area contributed by atoms with Crippen LogP contribution in [0.4, 0.5) is 4.39 Å². The van der Waals surface area contributed by atoms with Crippen LogP contribution >= 0.6 is 0 Å². The number of aromatic amines is 1. The van der Waals surface area contributed by atoms with Gasteiger partial charge < -0.3 is 9.72 Å². The molecule has 0 spiro atoms. The Balaban J connectivity index is 2.61. The molecule has 0 radical (unpaired) electrons. The quantitative estimate of drug-likeness (QED) is 0.825. The molecule has 0 aliphatic rings. The van der Waals surface area contributed by atoms with Gasteiger partial charge in [0.15, 0.2) is 0 Å². The molecule has 0 amide bonds. The van der Waals surface area contributed by atoms with Gasteiger partial charge in [0.05, 0.1) is 12.7 Å². The number of methoxy groups -OCH3 is 1. The molecule has 1 aromatic carbocycles. The minimum absolute atomic E-state index is 0.226. The largest absolute Gasteiger partial charge is 0.465 e. The molecule has 0 atom stereocenters. The number of hydrogen-bond acceptors (Lipinski definition) is 3. The first-order chi connectivity index (χ1) is 8.61. The molecular weight excluding hydrogens is 237 g/mol. The third-order valence-electron chi connectivity index (χ3n) is 2.48. The maximum absolute atomic E-state index is 12.8. The van der Waals surface area contributed by atoms with E-state index >= 15 is 0 Å². The van der Waals surface area contributed by atoms with Crippen molar-refractivity contribution in [2.24, 2.45) is 0 Å². The molecule has 4 nitrogen and oxygen atoms in total. The molecule has 0 aliphatic carbocycles. The standard InChI is InChI=1S/C13H10FNO3/c1-18-13(17)11-7-15-12(16)6-10(11)8-2-4-9(14)5-3-8/h2-7H,1H3,(H,15,16). The minimum atomic E-state index is -0.564. The molecule has 0 saturated heterocycles. The molecule has 2 aromatic rings. The number of ether oxygens (including phenoxy) is 1. The Kier molecular flexibility index (Phi) is 3.23. The normalized spacial score (nSPS) is 10.1. The van der Waals surface area contributed by atoms with Crippen LogP contribution in [0.3, 0.4) is 0 Å². The molecule has 1 aromatic heterocycles. The fourth-order valence-electron chi connectivity index (χ4n) is 1.62. The summed E-state index contributed by atoms with van der Waals surface area (Å²) >= 11 is 0. The Labute approximate surface area is 102 Å². The number of H-pyrrole nitrogens is 1. The molecule has 0 aliphatic heterocycles. The molecule has 18 heavy (non-hydrogen) atoms. The lowest BCUT2D eigenvalue weighted by Crippen LogP contribution is -2.11. The molecule has 1 heterocycles. The molecule has 1 N–H and O–H groups in total. The lowest BCUT2D eigenvalue weighted by Gasteiger charge is -2.07. The number of pyridine rings is 1. The van der Waals surface area contributed by atoms with Gasteiger partial charge in [-0.25, -0.2) is 9.18 Å². The SMILES string of the molecule is COC(=O)c1c[nH]c(=O)cc1-c1ccc(F)cc1. The van der Waals surface area contributed by atoms with E-state index in [1.54, 1.807) is 0 Å². The zero-order valence-corrected chi connectivity index (χ0v) is 9.57. The van der Waals surface area contributed by atoms with Crippen LogP contribution in [0, 0.1) is 5.82 Å². The minimum Gasteiger partial charge on any atom is -0.465 e. The molecule has 0 unspecified atom stereocenters. The predicted molar refractivity (Wildman–Crippen MR) is 63.8 cm³/mol. The second kappa shape index (κ2) is 4.83. The predicted octanol–water partition coefficient (Wildman–Crippen LogP) is 1.97. The third kappa shape index (κ3) is 2.29. The number of hydrogen-bond donors (Lipinski definition) is 1. The van der Waals surface area contributed by atoms with E-state index in [0.29, 0.717) is 11.1 Å². The summed E-state index contributed by atoms with van der Waals surface area (Å²) in [6.45, 7) is 0. The van der Waals surface area contributed by atoms with Crippen molar-refractivity contribution in [1.29, 1.82) is 0 Å². The van der Waals surface area contributed by atoms with Crippen molar-refractivity contribution in [2.45, 2.75) is 0 Å².